The van der Waals surface area contributed by atoms with Crippen molar-refractivity contribution in [2.45, 2.75) is 47.2 Å². The summed E-state index contributed by atoms with van der Waals surface area (Å²) in [6.45, 7) is 11.1. The van der Waals surface area contributed by atoms with Crippen LogP contribution >= 0.6 is 0 Å². The van der Waals surface area contributed by atoms with Gasteiger partial charge >= 0.3 is 0 Å². The van der Waals surface area contributed by atoms with Gasteiger partial charge < -0.3 is 10.4 Å². The number of aliphatic hydroxyl groups excluding tert-OH is 1. The van der Waals surface area contributed by atoms with Gasteiger partial charge in [0.1, 0.15) is 0 Å². The Morgan fingerprint density at radius 2 is 1.87 bits per heavy atom. The van der Waals surface area contributed by atoms with Crippen LogP contribution in [0.3, 0.4) is 0 Å². The zero-order chi connectivity index (χ0) is 16.9. The lowest BCUT2D eigenvalue weighted by Gasteiger charge is -2.25. The van der Waals surface area contributed by atoms with Crippen molar-refractivity contribution in [3.05, 3.63) is 52.8 Å². The van der Waals surface area contributed by atoms with Gasteiger partial charge in [-0.25, -0.2) is 0 Å². The highest BCUT2D eigenvalue weighted by atomic mass is 16.3. The highest BCUT2D eigenvalue weighted by Crippen LogP contribution is 2.21. The van der Waals surface area contributed by atoms with E-state index in [0.29, 0.717) is 6.54 Å². The molecule has 0 amide bonds. The van der Waals surface area contributed by atoms with E-state index in [9.17, 15) is 0 Å². The van der Waals surface area contributed by atoms with Crippen LogP contribution in [0.4, 0.5) is 0 Å². The number of hydrogen-bond donors (Lipinski definition) is 2. The van der Waals surface area contributed by atoms with Crippen molar-refractivity contribution in [3.63, 3.8) is 0 Å². The Bertz CT molecular complexity index is 617. The van der Waals surface area contributed by atoms with E-state index in [1.165, 1.54) is 11.1 Å². The van der Waals surface area contributed by atoms with Crippen molar-refractivity contribution in [1.29, 1.82) is 0 Å². The molecule has 0 bridgehead atoms. The number of benzene rings is 1. The van der Waals surface area contributed by atoms with E-state index in [1.807, 2.05) is 11.6 Å². The average molecular weight is 315 g/mol. The molecular weight excluding hydrogens is 286 g/mol. The summed E-state index contributed by atoms with van der Waals surface area (Å²) in [5, 5.41) is 17.2. The standard InChI is InChI=1S/C19H29N3O/c1-15-18(16(2)22(21-15)10-11-23)13-20-14-19(3,4)12-17-8-6-5-7-9-17/h5-9,20,23H,10-14H2,1-4H3. The third-order valence-corrected chi connectivity index (χ3v) is 4.27. The van der Waals surface area contributed by atoms with Crippen LogP contribution in [0.5, 0.6) is 0 Å². The van der Waals surface area contributed by atoms with Gasteiger partial charge in [0.25, 0.3) is 0 Å². The van der Waals surface area contributed by atoms with Gasteiger partial charge in [-0.3, -0.25) is 4.68 Å². The van der Waals surface area contributed by atoms with Gasteiger partial charge in [0.2, 0.25) is 0 Å². The maximum atomic E-state index is 9.09. The van der Waals surface area contributed by atoms with E-state index in [0.717, 1.165) is 30.9 Å². The summed E-state index contributed by atoms with van der Waals surface area (Å²) in [6, 6.07) is 10.6. The molecule has 0 unspecified atom stereocenters. The normalized spacial score (nSPS) is 11.9. The van der Waals surface area contributed by atoms with Gasteiger partial charge in [-0.15, -0.1) is 0 Å². The molecule has 4 nitrogen and oxygen atoms in total. The summed E-state index contributed by atoms with van der Waals surface area (Å²) in [6.07, 6.45) is 1.06. The van der Waals surface area contributed by atoms with Crippen LogP contribution in [-0.4, -0.2) is 28.0 Å². The number of aromatic nitrogens is 2. The van der Waals surface area contributed by atoms with E-state index in [2.05, 4.69) is 61.5 Å². The summed E-state index contributed by atoms with van der Waals surface area (Å²) in [4.78, 5) is 0. The van der Waals surface area contributed by atoms with Gasteiger partial charge in [-0.2, -0.15) is 5.10 Å². The molecule has 0 aliphatic rings. The molecule has 2 N–H and O–H groups in total. The molecule has 0 aliphatic heterocycles. The van der Waals surface area contributed by atoms with Crippen LogP contribution in [0.15, 0.2) is 30.3 Å². The van der Waals surface area contributed by atoms with Crippen LogP contribution in [-0.2, 0) is 19.5 Å². The molecule has 2 rings (SSSR count). The second-order valence-corrected chi connectivity index (χ2v) is 7.03. The molecule has 1 aromatic heterocycles. The number of aliphatic hydroxyl groups is 1. The molecule has 0 spiro atoms. The van der Waals surface area contributed by atoms with Crippen LogP contribution in [0.25, 0.3) is 0 Å². The molecule has 23 heavy (non-hydrogen) atoms. The van der Waals surface area contributed by atoms with E-state index < -0.39 is 0 Å². The van der Waals surface area contributed by atoms with E-state index in [-0.39, 0.29) is 12.0 Å². The first-order valence-corrected chi connectivity index (χ1v) is 8.31. The molecule has 1 heterocycles. The predicted octanol–water partition coefficient (Wildman–Crippen LogP) is 2.85. The summed E-state index contributed by atoms with van der Waals surface area (Å²) >= 11 is 0. The minimum Gasteiger partial charge on any atom is -0.394 e. The van der Waals surface area contributed by atoms with Gasteiger partial charge in [0.05, 0.1) is 18.8 Å². The summed E-state index contributed by atoms with van der Waals surface area (Å²) < 4.78 is 1.89. The Morgan fingerprint density at radius 3 is 2.52 bits per heavy atom. The minimum absolute atomic E-state index is 0.124. The molecule has 2 aromatic rings. The quantitative estimate of drug-likeness (QED) is 0.787. The number of nitrogens with zero attached hydrogens (tertiary/aromatic N) is 2. The first-order chi connectivity index (χ1) is 10.9. The van der Waals surface area contributed by atoms with Crippen LogP contribution in [0.2, 0.25) is 0 Å². The van der Waals surface area contributed by atoms with E-state index >= 15 is 0 Å². The molecule has 0 saturated heterocycles. The largest absolute Gasteiger partial charge is 0.394 e. The van der Waals surface area contributed by atoms with Gasteiger partial charge in [0.15, 0.2) is 0 Å². The molecule has 0 fully saturated rings. The molecule has 0 saturated carbocycles. The summed E-state index contributed by atoms with van der Waals surface area (Å²) in [7, 11) is 0. The Labute approximate surface area is 139 Å². The zero-order valence-corrected chi connectivity index (χ0v) is 14.8. The average Bonchev–Trinajstić information content (AvgIpc) is 2.75. The highest BCUT2D eigenvalue weighted by Gasteiger charge is 2.19. The van der Waals surface area contributed by atoms with Crippen LogP contribution in [0.1, 0.15) is 36.4 Å². The molecule has 0 aliphatic carbocycles. The van der Waals surface area contributed by atoms with Crippen molar-refractivity contribution in [2.75, 3.05) is 13.2 Å². The van der Waals surface area contributed by atoms with Gasteiger partial charge in [-0.05, 0) is 31.2 Å². The van der Waals surface area contributed by atoms with Crippen LogP contribution < -0.4 is 5.32 Å². The SMILES string of the molecule is Cc1nn(CCO)c(C)c1CNCC(C)(C)Cc1ccccc1. The van der Waals surface area contributed by atoms with Crippen molar-refractivity contribution in [2.24, 2.45) is 5.41 Å². The molecule has 0 radical (unpaired) electrons. The first kappa shape index (κ1) is 17.7. The third-order valence-electron chi connectivity index (χ3n) is 4.27. The molecule has 4 heteroatoms. The summed E-state index contributed by atoms with van der Waals surface area (Å²) in [5.74, 6) is 0. The first-order valence-electron chi connectivity index (χ1n) is 8.31. The Morgan fingerprint density at radius 1 is 1.17 bits per heavy atom. The maximum Gasteiger partial charge on any atom is 0.0644 e. The number of aryl methyl sites for hydroxylation is 1. The third kappa shape index (κ3) is 4.91. The molecule has 1 aromatic carbocycles. The summed E-state index contributed by atoms with van der Waals surface area (Å²) in [5.41, 5.74) is 5.01. The van der Waals surface area contributed by atoms with Crippen molar-refractivity contribution in [1.82, 2.24) is 15.1 Å². The van der Waals surface area contributed by atoms with Gasteiger partial charge in [-0.1, -0.05) is 44.2 Å². The van der Waals surface area contributed by atoms with Crippen molar-refractivity contribution in [3.8, 4) is 0 Å². The Hall–Kier alpha value is -1.65. The Kier molecular flexibility index (Phi) is 5.97. The van der Waals surface area contributed by atoms with Crippen molar-refractivity contribution >= 4 is 0 Å². The fraction of sp³-hybridized carbons (Fsp3) is 0.526. The highest BCUT2D eigenvalue weighted by molar-refractivity contribution is 5.24. The number of nitrogens with one attached hydrogen (secondary N) is 1. The number of hydrogen-bond acceptors (Lipinski definition) is 3. The fourth-order valence-electron chi connectivity index (χ4n) is 3.04. The lowest BCUT2D eigenvalue weighted by molar-refractivity contribution is 0.267. The lowest BCUT2D eigenvalue weighted by atomic mass is 9.85. The number of rotatable bonds is 8. The molecular formula is C19H29N3O. The fourth-order valence-corrected chi connectivity index (χ4v) is 3.04. The Balaban J connectivity index is 1.91. The monoisotopic (exact) mass is 315 g/mol. The zero-order valence-electron chi connectivity index (χ0n) is 14.8. The van der Waals surface area contributed by atoms with Crippen molar-refractivity contribution < 1.29 is 5.11 Å². The van der Waals surface area contributed by atoms with E-state index in [1.54, 1.807) is 0 Å². The second kappa shape index (κ2) is 7.75. The smallest absolute Gasteiger partial charge is 0.0644 e. The topological polar surface area (TPSA) is 50.1 Å². The van der Waals surface area contributed by atoms with E-state index in [4.69, 9.17) is 5.11 Å². The molecule has 126 valence electrons. The van der Waals surface area contributed by atoms with Crippen LogP contribution in [0, 0.1) is 19.3 Å². The lowest BCUT2D eigenvalue weighted by Crippen LogP contribution is -2.31. The minimum atomic E-state index is 0.124. The maximum absolute atomic E-state index is 9.09. The molecule has 0 atom stereocenters. The van der Waals surface area contributed by atoms with Gasteiger partial charge in [0, 0.05) is 24.3 Å². The second-order valence-electron chi connectivity index (χ2n) is 7.03. The predicted molar refractivity (Wildman–Crippen MR) is 94.4 cm³/mol.